The predicted octanol–water partition coefficient (Wildman–Crippen LogP) is 2.58. The van der Waals surface area contributed by atoms with Crippen LogP contribution >= 0.6 is 0 Å². The summed E-state index contributed by atoms with van der Waals surface area (Å²) in [5.74, 6) is 2.37. The molecule has 1 aromatic heterocycles. The highest BCUT2D eigenvalue weighted by molar-refractivity contribution is 5.95. The van der Waals surface area contributed by atoms with Crippen molar-refractivity contribution >= 4 is 5.91 Å². The van der Waals surface area contributed by atoms with Crippen molar-refractivity contribution in [2.45, 2.75) is 20.3 Å². The fraction of sp³-hybridized carbons (Fsp3) is 0.450. The van der Waals surface area contributed by atoms with Crippen LogP contribution in [-0.4, -0.2) is 42.2 Å². The lowest BCUT2D eigenvalue weighted by molar-refractivity contribution is 0.0693. The molecule has 2 aliphatic rings. The average molecular weight is 341 g/mol. The molecule has 1 amide bonds. The summed E-state index contributed by atoms with van der Waals surface area (Å²) in [4.78, 5) is 14.8. The van der Waals surface area contributed by atoms with E-state index in [-0.39, 0.29) is 23.8 Å². The van der Waals surface area contributed by atoms with Crippen molar-refractivity contribution in [2.24, 2.45) is 11.3 Å². The number of carbonyl (C=O) groups excluding carboxylic acids is 1. The second-order valence-electron chi connectivity index (χ2n) is 7.33. The maximum absolute atomic E-state index is 13.0. The Balaban J connectivity index is 1.63. The molecule has 25 heavy (non-hydrogen) atoms. The van der Waals surface area contributed by atoms with E-state index >= 15 is 0 Å². The van der Waals surface area contributed by atoms with Crippen molar-refractivity contribution in [3.8, 4) is 5.75 Å². The molecule has 1 saturated heterocycles. The summed E-state index contributed by atoms with van der Waals surface area (Å²) in [5.41, 5.74) is 1.36. The zero-order chi connectivity index (χ0) is 17.6. The molecule has 0 spiro atoms. The molecule has 0 radical (unpaired) electrons. The van der Waals surface area contributed by atoms with Crippen LogP contribution in [0, 0.1) is 25.2 Å². The number of carbonyl (C=O) groups is 1. The number of aliphatic hydroxyl groups excluding tert-OH is 1. The van der Waals surface area contributed by atoms with Gasteiger partial charge in [-0.2, -0.15) is 0 Å². The van der Waals surface area contributed by atoms with E-state index in [4.69, 9.17) is 9.15 Å². The molecular formula is C20H23NO4. The molecule has 4 rings (SSSR count). The van der Waals surface area contributed by atoms with Gasteiger partial charge >= 0.3 is 0 Å². The number of fused-ring (bicyclic) bond motifs is 2. The fourth-order valence-corrected chi connectivity index (χ4v) is 4.23. The number of hydrogen-bond acceptors (Lipinski definition) is 4. The largest absolute Gasteiger partial charge is 0.493 e. The van der Waals surface area contributed by atoms with Gasteiger partial charge in [0.05, 0.1) is 18.8 Å². The smallest absolute Gasteiger partial charge is 0.257 e. The van der Waals surface area contributed by atoms with Crippen molar-refractivity contribution in [1.29, 1.82) is 0 Å². The molecular weight excluding hydrogens is 318 g/mol. The number of ether oxygens (including phenoxy) is 1. The molecule has 1 aromatic carbocycles. The van der Waals surface area contributed by atoms with Gasteiger partial charge in [-0.05, 0) is 38.0 Å². The van der Waals surface area contributed by atoms with E-state index in [1.807, 2.05) is 43.0 Å². The molecule has 2 atom stereocenters. The van der Waals surface area contributed by atoms with Gasteiger partial charge in [-0.15, -0.1) is 0 Å². The van der Waals surface area contributed by atoms with Crippen molar-refractivity contribution in [3.05, 3.63) is 53.0 Å². The number of rotatable bonds is 2. The number of furan rings is 1. The van der Waals surface area contributed by atoms with E-state index in [1.165, 1.54) is 0 Å². The Morgan fingerprint density at radius 2 is 2.16 bits per heavy atom. The van der Waals surface area contributed by atoms with E-state index in [0.29, 0.717) is 31.0 Å². The highest BCUT2D eigenvalue weighted by Gasteiger charge is 2.49. The monoisotopic (exact) mass is 341 g/mol. The second kappa shape index (κ2) is 5.92. The van der Waals surface area contributed by atoms with Crippen molar-refractivity contribution in [2.75, 3.05) is 26.3 Å². The lowest BCUT2D eigenvalue weighted by Crippen LogP contribution is -2.38. The van der Waals surface area contributed by atoms with Crippen LogP contribution in [0.5, 0.6) is 5.75 Å². The summed E-state index contributed by atoms with van der Waals surface area (Å²) in [7, 11) is 0. The average Bonchev–Trinajstić information content (AvgIpc) is 3.09. The van der Waals surface area contributed by atoms with Gasteiger partial charge in [-0.1, -0.05) is 18.2 Å². The Bertz CT molecular complexity index is 812. The number of hydrogen-bond donors (Lipinski definition) is 1. The van der Waals surface area contributed by atoms with Gasteiger partial charge in [0.15, 0.2) is 0 Å². The first-order valence-corrected chi connectivity index (χ1v) is 8.70. The van der Waals surface area contributed by atoms with E-state index < -0.39 is 0 Å². The third-order valence-corrected chi connectivity index (χ3v) is 5.64. The van der Waals surface area contributed by atoms with Crippen LogP contribution < -0.4 is 4.74 Å². The number of likely N-dealkylation sites (tertiary alicyclic amines) is 1. The van der Waals surface area contributed by atoms with Crippen LogP contribution in [0.25, 0.3) is 0 Å². The van der Waals surface area contributed by atoms with Crippen molar-refractivity contribution < 1.29 is 19.1 Å². The van der Waals surface area contributed by atoms with Crippen LogP contribution in [0.15, 0.2) is 34.7 Å². The third kappa shape index (κ3) is 2.63. The molecule has 132 valence electrons. The SMILES string of the molecule is Cc1cc(C(=O)N2C[C@@H]3COc4ccccc4C[C@]3(CO)C2)c(C)o1. The molecule has 1 fully saturated rings. The predicted molar refractivity (Wildman–Crippen MR) is 92.7 cm³/mol. The minimum Gasteiger partial charge on any atom is -0.493 e. The highest BCUT2D eigenvalue weighted by Crippen LogP contribution is 2.43. The maximum atomic E-state index is 13.0. The Kier molecular flexibility index (Phi) is 3.84. The minimum atomic E-state index is -0.352. The van der Waals surface area contributed by atoms with E-state index in [9.17, 15) is 9.90 Å². The molecule has 5 nitrogen and oxygen atoms in total. The molecule has 2 aromatic rings. The zero-order valence-corrected chi connectivity index (χ0v) is 14.6. The first-order chi connectivity index (χ1) is 12.0. The number of amides is 1. The Morgan fingerprint density at radius 1 is 1.36 bits per heavy atom. The Labute approximate surface area is 147 Å². The van der Waals surface area contributed by atoms with Crippen molar-refractivity contribution in [3.63, 3.8) is 0 Å². The maximum Gasteiger partial charge on any atom is 0.257 e. The van der Waals surface area contributed by atoms with E-state index in [2.05, 4.69) is 0 Å². The van der Waals surface area contributed by atoms with Crippen LogP contribution in [0.3, 0.4) is 0 Å². The molecule has 0 aliphatic carbocycles. The fourth-order valence-electron chi connectivity index (χ4n) is 4.23. The summed E-state index contributed by atoms with van der Waals surface area (Å²) in [6.45, 7) is 5.35. The standard InChI is InChI=1S/C20H23NO4/c1-13-7-17(14(2)25-13)19(23)21-9-16-10-24-18-6-4-3-5-15(18)8-20(16,11-21)12-22/h3-7,16,22H,8-12H2,1-2H3/t16-,20-/m1/s1. The van der Waals surface area contributed by atoms with Gasteiger partial charge < -0.3 is 19.2 Å². The molecule has 0 saturated carbocycles. The van der Waals surface area contributed by atoms with Gasteiger partial charge in [0.1, 0.15) is 17.3 Å². The Morgan fingerprint density at radius 3 is 2.88 bits per heavy atom. The second-order valence-corrected chi connectivity index (χ2v) is 7.33. The summed E-state index contributed by atoms with van der Waals surface area (Å²) in [5, 5.41) is 10.2. The van der Waals surface area contributed by atoms with Crippen LogP contribution in [-0.2, 0) is 6.42 Å². The van der Waals surface area contributed by atoms with Crippen LogP contribution in [0.4, 0.5) is 0 Å². The van der Waals surface area contributed by atoms with Gasteiger partial charge in [0.2, 0.25) is 0 Å². The van der Waals surface area contributed by atoms with Gasteiger partial charge in [-0.25, -0.2) is 0 Å². The first-order valence-electron chi connectivity index (χ1n) is 8.70. The van der Waals surface area contributed by atoms with Gasteiger partial charge in [0, 0.05) is 24.4 Å². The number of aryl methyl sites for hydroxylation is 2. The molecule has 5 heteroatoms. The van der Waals surface area contributed by atoms with Crippen LogP contribution in [0.2, 0.25) is 0 Å². The number of para-hydroxylation sites is 1. The number of aliphatic hydroxyl groups is 1. The van der Waals surface area contributed by atoms with E-state index in [0.717, 1.165) is 23.5 Å². The minimum absolute atomic E-state index is 0.0245. The first kappa shape index (κ1) is 16.2. The van der Waals surface area contributed by atoms with Crippen molar-refractivity contribution in [1.82, 2.24) is 4.90 Å². The molecule has 2 aliphatic heterocycles. The normalized spacial score (nSPS) is 25.1. The quantitative estimate of drug-likeness (QED) is 0.912. The number of benzene rings is 1. The third-order valence-electron chi connectivity index (χ3n) is 5.64. The topological polar surface area (TPSA) is 62.9 Å². The number of nitrogens with zero attached hydrogens (tertiary/aromatic N) is 1. The lowest BCUT2D eigenvalue weighted by atomic mass is 9.75. The zero-order valence-electron chi connectivity index (χ0n) is 14.6. The van der Waals surface area contributed by atoms with Crippen LogP contribution in [0.1, 0.15) is 27.4 Å². The molecule has 3 heterocycles. The Hall–Kier alpha value is -2.27. The summed E-state index contributed by atoms with van der Waals surface area (Å²) in [6, 6.07) is 9.77. The summed E-state index contributed by atoms with van der Waals surface area (Å²) < 4.78 is 11.5. The summed E-state index contributed by atoms with van der Waals surface area (Å²) in [6.07, 6.45) is 0.720. The van der Waals surface area contributed by atoms with Gasteiger partial charge in [0.25, 0.3) is 5.91 Å². The molecule has 0 unspecified atom stereocenters. The highest BCUT2D eigenvalue weighted by atomic mass is 16.5. The van der Waals surface area contributed by atoms with E-state index in [1.54, 1.807) is 6.07 Å². The molecule has 1 N–H and O–H groups in total. The van der Waals surface area contributed by atoms with Gasteiger partial charge in [-0.3, -0.25) is 4.79 Å². The summed E-state index contributed by atoms with van der Waals surface area (Å²) >= 11 is 0. The molecule has 0 bridgehead atoms. The lowest BCUT2D eigenvalue weighted by Gasteiger charge is -2.30.